The molecule has 0 radical (unpaired) electrons. The van der Waals surface area contributed by atoms with Gasteiger partial charge in [0.1, 0.15) is 0 Å². The molecule has 1 aliphatic heterocycles. The van der Waals surface area contributed by atoms with Crippen molar-refractivity contribution in [1.29, 1.82) is 0 Å². The van der Waals surface area contributed by atoms with Crippen molar-refractivity contribution in [3.63, 3.8) is 0 Å². The van der Waals surface area contributed by atoms with E-state index in [1.54, 1.807) is 32.4 Å². The lowest BCUT2D eigenvalue weighted by Crippen LogP contribution is -2.49. The molecule has 0 N–H and O–H groups in total. The topological polar surface area (TPSA) is 59.1 Å². The summed E-state index contributed by atoms with van der Waals surface area (Å²) in [4.78, 5) is 29.2. The Hall–Kier alpha value is -2.86. The summed E-state index contributed by atoms with van der Waals surface area (Å²) in [6.45, 7) is 4.91. The molecular formula is C22H26N2O4. The first kappa shape index (κ1) is 19.9. The second kappa shape index (κ2) is 8.89. The molecule has 6 heteroatoms. The van der Waals surface area contributed by atoms with Gasteiger partial charge in [-0.25, -0.2) is 0 Å². The standard InChI is InChI=1S/C22H26N2O4/c1-16-4-6-17(7-5-16)22(26)24-12-10-23(11-13-24)15-19(25)18-8-9-20(27-2)21(14-18)28-3/h4-9,14H,10-13,15H2,1-3H3. The molecular weight excluding hydrogens is 356 g/mol. The number of hydrogen-bond acceptors (Lipinski definition) is 5. The summed E-state index contributed by atoms with van der Waals surface area (Å²) in [5.74, 6) is 1.22. The Morgan fingerprint density at radius 2 is 1.46 bits per heavy atom. The van der Waals surface area contributed by atoms with Gasteiger partial charge in [0.2, 0.25) is 0 Å². The molecule has 3 rings (SSSR count). The highest BCUT2D eigenvalue weighted by atomic mass is 16.5. The van der Waals surface area contributed by atoms with E-state index >= 15 is 0 Å². The van der Waals surface area contributed by atoms with Gasteiger partial charge in [0.25, 0.3) is 5.91 Å². The van der Waals surface area contributed by atoms with Crippen LogP contribution in [0.5, 0.6) is 11.5 Å². The Bertz CT molecular complexity index is 840. The van der Waals surface area contributed by atoms with E-state index in [2.05, 4.69) is 4.90 Å². The van der Waals surface area contributed by atoms with Gasteiger partial charge >= 0.3 is 0 Å². The second-order valence-electron chi connectivity index (χ2n) is 6.93. The lowest BCUT2D eigenvalue weighted by molar-refractivity contribution is 0.0624. The number of Topliss-reactive ketones (excluding diaryl/α,β-unsaturated/α-hetero) is 1. The van der Waals surface area contributed by atoms with Gasteiger partial charge in [-0.3, -0.25) is 14.5 Å². The van der Waals surface area contributed by atoms with Gasteiger partial charge in [0.05, 0.1) is 20.8 Å². The molecule has 28 heavy (non-hydrogen) atoms. The van der Waals surface area contributed by atoms with Gasteiger partial charge in [0, 0.05) is 37.3 Å². The maximum atomic E-state index is 12.6. The van der Waals surface area contributed by atoms with E-state index in [9.17, 15) is 9.59 Å². The third-order valence-corrected chi connectivity index (χ3v) is 5.03. The summed E-state index contributed by atoms with van der Waals surface area (Å²) in [6.07, 6.45) is 0. The van der Waals surface area contributed by atoms with E-state index in [1.807, 2.05) is 36.1 Å². The maximum Gasteiger partial charge on any atom is 0.253 e. The highest BCUT2D eigenvalue weighted by Gasteiger charge is 2.24. The molecule has 0 aromatic heterocycles. The number of ether oxygens (including phenoxy) is 2. The summed E-state index contributed by atoms with van der Waals surface area (Å²) in [6, 6.07) is 12.8. The van der Waals surface area contributed by atoms with Crippen molar-refractivity contribution in [1.82, 2.24) is 9.80 Å². The van der Waals surface area contributed by atoms with E-state index < -0.39 is 0 Å². The second-order valence-corrected chi connectivity index (χ2v) is 6.93. The van der Waals surface area contributed by atoms with Gasteiger partial charge in [-0.1, -0.05) is 17.7 Å². The molecule has 1 fully saturated rings. The molecule has 0 aliphatic carbocycles. The smallest absolute Gasteiger partial charge is 0.253 e. The van der Waals surface area contributed by atoms with Crippen LogP contribution in [0.25, 0.3) is 0 Å². The fraction of sp³-hybridized carbons (Fsp3) is 0.364. The Morgan fingerprint density at radius 1 is 0.857 bits per heavy atom. The van der Waals surface area contributed by atoms with E-state index in [-0.39, 0.29) is 11.7 Å². The summed E-state index contributed by atoms with van der Waals surface area (Å²) < 4.78 is 10.5. The van der Waals surface area contributed by atoms with Gasteiger partial charge in [-0.15, -0.1) is 0 Å². The molecule has 6 nitrogen and oxygen atoms in total. The lowest BCUT2D eigenvalue weighted by atomic mass is 10.1. The minimum absolute atomic E-state index is 0.0271. The van der Waals surface area contributed by atoms with Crippen molar-refractivity contribution in [3.05, 3.63) is 59.2 Å². The van der Waals surface area contributed by atoms with Crippen LogP contribution in [-0.2, 0) is 0 Å². The molecule has 148 valence electrons. The third kappa shape index (κ3) is 4.51. The molecule has 1 saturated heterocycles. The number of hydrogen-bond donors (Lipinski definition) is 0. The summed E-state index contributed by atoms with van der Waals surface area (Å²) in [7, 11) is 3.12. The Morgan fingerprint density at radius 3 is 2.07 bits per heavy atom. The molecule has 1 aliphatic rings. The maximum absolute atomic E-state index is 12.6. The number of nitrogens with zero attached hydrogens (tertiary/aromatic N) is 2. The van der Waals surface area contributed by atoms with Crippen LogP contribution >= 0.6 is 0 Å². The van der Waals surface area contributed by atoms with Gasteiger partial charge in [-0.05, 0) is 37.3 Å². The zero-order valence-corrected chi connectivity index (χ0v) is 16.6. The number of benzene rings is 2. The van der Waals surface area contributed by atoms with Crippen LogP contribution in [0.4, 0.5) is 0 Å². The number of carbonyl (C=O) groups is 2. The fourth-order valence-corrected chi connectivity index (χ4v) is 3.29. The minimum atomic E-state index is 0.0271. The summed E-state index contributed by atoms with van der Waals surface area (Å²) in [5, 5.41) is 0. The average Bonchev–Trinajstić information content (AvgIpc) is 2.73. The average molecular weight is 382 g/mol. The summed E-state index contributed by atoms with van der Waals surface area (Å²) >= 11 is 0. The number of carbonyl (C=O) groups excluding carboxylic acids is 2. The number of piperazine rings is 1. The normalized spacial score (nSPS) is 14.6. The first-order chi connectivity index (χ1) is 13.5. The van der Waals surface area contributed by atoms with Crippen molar-refractivity contribution in [2.24, 2.45) is 0 Å². The largest absolute Gasteiger partial charge is 0.493 e. The molecule has 0 saturated carbocycles. The molecule has 0 atom stereocenters. The van der Waals surface area contributed by atoms with Crippen LogP contribution in [0.2, 0.25) is 0 Å². The number of methoxy groups -OCH3 is 2. The van der Waals surface area contributed by atoms with Crippen molar-refractivity contribution in [2.75, 3.05) is 46.9 Å². The van der Waals surface area contributed by atoms with Crippen LogP contribution in [0.1, 0.15) is 26.3 Å². The van der Waals surface area contributed by atoms with Gasteiger partial charge in [-0.2, -0.15) is 0 Å². The van der Waals surface area contributed by atoms with Crippen LogP contribution < -0.4 is 9.47 Å². The highest BCUT2D eigenvalue weighted by molar-refractivity contribution is 5.98. The Balaban J connectivity index is 1.56. The SMILES string of the molecule is COc1ccc(C(=O)CN2CCN(C(=O)c3ccc(C)cc3)CC2)cc1OC. The van der Waals surface area contributed by atoms with Crippen LogP contribution in [0.15, 0.2) is 42.5 Å². The molecule has 2 aromatic rings. The molecule has 1 heterocycles. The first-order valence-electron chi connectivity index (χ1n) is 9.35. The van der Waals surface area contributed by atoms with Crippen LogP contribution in [0.3, 0.4) is 0 Å². The molecule has 0 spiro atoms. The Kier molecular flexibility index (Phi) is 6.31. The molecule has 2 aromatic carbocycles. The monoisotopic (exact) mass is 382 g/mol. The van der Waals surface area contributed by atoms with Crippen LogP contribution in [0, 0.1) is 6.92 Å². The van der Waals surface area contributed by atoms with Crippen molar-refractivity contribution >= 4 is 11.7 Å². The number of aryl methyl sites for hydroxylation is 1. The van der Waals surface area contributed by atoms with Gasteiger partial charge in [0.15, 0.2) is 17.3 Å². The fourth-order valence-electron chi connectivity index (χ4n) is 3.29. The predicted octanol–water partition coefficient (Wildman–Crippen LogP) is 2.65. The quantitative estimate of drug-likeness (QED) is 0.719. The lowest BCUT2D eigenvalue weighted by Gasteiger charge is -2.34. The van der Waals surface area contributed by atoms with E-state index in [0.717, 1.165) is 5.56 Å². The van der Waals surface area contributed by atoms with Crippen molar-refractivity contribution in [2.45, 2.75) is 6.92 Å². The highest BCUT2D eigenvalue weighted by Crippen LogP contribution is 2.27. The number of rotatable bonds is 6. The van der Waals surface area contributed by atoms with Crippen molar-refractivity contribution < 1.29 is 19.1 Å². The van der Waals surface area contributed by atoms with E-state index in [0.29, 0.717) is 55.3 Å². The third-order valence-electron chi connectivity index (χ3n) is 5.03. The molecule has 0 unspecified atom stereocenters. The first-order valence-corrected chi connectivity index (χ1v) is 9.35. The molecule has 1 amide bonds. The van der Waals surface area contributed by atoms with E-state index in [4.69, 9.17) is 9.47 Å². The Labute approximate surface area is 165 Å². The predicted molar refractivity (Wildman–Crippen MR) is 107 cm³/mol. The van der Waals surface area contributed by atoms with E-state index in [1.165, 1.54) is 0 Å². The number of amides is 1. The zero-order valence-electron chi connectivity index (χ0n) is 16.6. The number of ketones is 1. The van der Waals surface area contributed by atoms with Crippen molar-refractivity contribution in [3.8, 4) is 11.5 Å². The van der Waals surface area contributed by atoms with Crippen LogP contribution in [-0.4, -0.2) is 68.4 Å². The van der Waals surface area contributed by atoms with Gasteiger partial charge < -0.3 is 14.4 Å². The summed E-state index contributed by atoms with van der Waals surface area (Å²) in [5.41, 5.74) is 2.44. The zero-order chi connectivity index (χ0) is 20.1. The minimum Gasteiger partial charge on any atom is -0.493 e. The molecule has 0 bridgehead atoms.